The minimum absolute atomic E-state index is 0.238. The summed E-state index contributed by atoms with van der Waals surface area (Å²) >= 11 is 0. The molecule has 0 aliphatic rings. The largest absolute Gasteiger partial charge is 0.493 e. The lowest BCUT2D eigenvalue weighted by atomic mass is 10.1. The number of aromatic nitrogens is 2. The van der Waals surface area contributed by atoms with Crippen molar-refractivity contribution < 1.29 is 28.5 Å². The molecule has 0 spiro atoms. The van der Waals surface area contributed by atoms with Gasteiger partial charge < -0.3 is 28.3 Å². The molecule has 0 unspecified atom stereocenters. The molecule has 6 aromatic rings. The molecule has 6 rings (SSSR count). The van der Waals surface area contributed by atoms with Crippen LogP contribution in [0.1, 0.15) is 23.9 Å². The summed E-state index contributed by atoms with van der Waals surface area (Å²) in [6.45, 7) is 4.20. The number of carbonyl (C=O) groups is 1. The number of benzene rings is 4. The number of methoxy groups -OCH3 is 1. The number of carboxylic acids is 1. The Hall–Kier alpha value is -5.24. The molecule has 8 nitrogen and oxygen atoms in total. The molecule has 4 aromatic carbocycles. The van der Waals surface area contributed by atoms with E-state index in [-0.39, 0.29) is 6.61 Å². The van der Waals surface area contributed by atoms with Gasteiger partial charge in [0.25, 0.3) is 0 Å². The highest BCUT2D eigenvalue weighted by atomic mass is 16.5. The summed E-state index contributed by atoms with van der Waals surface area (Å²) < 4.78 is 25.8. The minimum atomic E-state index is -1.01. The van der Waals surface area contributed by atoms with Crippen molar-refractivity contribution in [3.63, 3.8) is 0 Å². The summed E-state index contributed by atoms with van der Waals surface area (Å²) in [6, 6.07) is 29.4. The fourth-order valence-electron chi connectivity index (χ4n) is 5.10. The quantitative estimate of drug-likeness (QED) is 0.188. The van der Waals surface area contributed by atoms with Gasteiger partial charge in [-0.25, -0.2) is 9.78 Å². The first kappa shape index (κ1) is 27.0. The number of aliphatic carboxylic acids is 1. The van der Waals surface area contributed by atoms with E-state index in [2.05, 4.69) is 15.6 Å². The van der Waals surface area contributed by atoms with Crippen molar-refractivity contribution in [2.75, 3.05) is 7.11 Å². The predicted molar refractivity (Wildman–Crippen MR) is 160 cm³/mol. The Kier molecular flexibility index (Phi) is 7.27. The van der Waals surface area contributed by atoms with Gasteiger partial charge in [-0.05, 0) is 61.9 Å². The number of aryl methyl sites for hydroxylation is 1. The second kappa shape index (κ2) is 11.3. The monoisotopic (exact) mass is 562 g/mol. The summed E-state index contributed by atoms with van der Waals surface area (Å²) in [4.78, 5) is 16.1. The lowest BCUT2D eigenvalue weighted by molar-refractivity contribution is -0.144. The third-order valence-electron chi connectivity index (χ3n) is 7.26. The smallest absolute Gasteiger partial charge is 0.344 e. The van der Waals surface area contributed by atoms with E-state index in [9.17, 15) is 9.90 Å². The standard InChI is InChI=1S/C34H30N2O6/c1-21-26(35-33(42-21)24-10-5-4-6-11-24)20-40-29-17-16-23(18-31(29)39-3)19-36-27-13-8-7-12-25(27)32-28(36)14-9-15-30(32)41-22(2)34(37)38/h4-18,22H,19-20H2,1-3H3,(H,37,38)/t22-/m1/s1. The molecule has 1 N–H and O–H groups in total. The number of rotatable bonds is 10. The Morgan fingerprint density at radius 1 is 0.929 bits per heavy atom. The number of para-hydroxylation sites is 1. The van der Waals surface area contributed by atoms with Crippen LogP contribution in [0.25, 0.3) is 33.3 Å². The molecule has 0 aliphatic heterocycles. The van der Waals surface area contributed by atoms with Crippen LogP contribution in [0.4, 0.5) is 0 Å². The van der Waals surface area contributed by atoms with E-state index in [0.717, 1.165) is 38.6 Å². The fraction of sp³-hybridized carbons (Fsp3) is 0.176. The lowest BCUT2D eigenvalue weighted by Crippen LogP contribution is -2.22. The first-order valence-electron chi connectivity index (χ1n) is 13.6. The van der Waals surface area contributed by atoms with Gasteiger partial charge in [0.15, 0.2) is 17.6 Å². The number of oxazole rings is 1. The predicted octanol–water partition coefficient (Wildman–Crippen LogP) is 7.25. The van der Waals surface area contributed by atoms with Gasteiger partial charge >= 0.3 is 5.97 Å². The zero-order valence-corrected chi connectivity index (χ0v) is 23.5. The Morgan fingerprint density at radius 2 is 1.69 bits per heavy atom. The average molecular weight is 563 g/mol. The van der Waals surface area contributed by atoms with Crippen LogP contribution < -0.4 is 14.2 Å². The van der Waals surface area contributed by atoms with Gasteiger partial charge in [-0.2, -0.15) is 0 Å². The molecule has 0 bridgehead atoms. The topological polar surface area (TPSA) is 96.0 Å². The molecular weight excluding hydrogens is 532 g/mol. The molecule has 8 heteroatoms. The lowest BCUT2D eigenvalue weighted by Gasteiger charge is -2.14. The highest BCUT2D eigenvalue weighted by Gasteiger charge is 2.19. The minimum Gasteiger partial charge on any atom is -0.493 e. The number of hydrogen-bond acceptors (Lipinski definition) is 6. The molecule has 2 heterocycles. The molecule has 0 fully saturated rings. The summed E-state index contributed by atoms with van der Waals surface area (Å²) in [5.74, 6) is 2.00. The normalized spacial score (nSPS) is 12.0. The van der Waals surface area contributed by atoms with Crippen LogP contribution in [0, 0.1) is 6.92 Å². The number of carboxylic acid groups (broad SMARTS) is 1. The van der Waals surface area contributed by atoms with Crippen molar-refractivity contribution >= 4 is 27.8 Å². The Balaban J connectivity index is 1.28. The van der Waals surface area contributed by atoms with Gasteiger partial charge in [0.05, 0.1) is 12.6 Å². The van der Waals surface area contributed by atoms with E-state index >= 15 is 0 Å². The number of fused-ring (bicyclic) bond motifs is 3. The van der Waals surface area contributed by atoms with E-state index in [1.165, 1.54) is 6.92 Å². The zero-order valence-electron chi connectivity index (χ0n) is 23.5. The summed E-state index contributed by atoms with van der Waals surface area (Å²) in [5.41, 5.74) is 4.60. The highest BCUT2D eigenvalue weighted by Crippen LogP contribution is 2.37. The van der Waals surface area contributed by atoms with Gasteiger partial charge in [-0.3, -0.25) is 0 Å². The third-order valence-corrected chi connectivity index (χ3v) is 7.26. The maximum atomic E-state index is 11.5. The molecule has 2 aromatic heterocycles. The van der Waals surface area contributed by atoms with Crippen LogP contribution in [-0.4, -0.2) is 33.8 Å². The van der Waals surface area contributed by atoms with Crippen LogP contribution >= 0.6 is 0 Å². The van der Waals surface area contributed by atoms with Gasteiger partial charge in [0, 0.05) is 28.4 Å². The number of hydrogen-bond donors (Lipinski definition) is 1. The maximum absolute atomic E-state index is 11.5. The maximum Gasteiger partial charge on any atom is 0.344 e. The van der Waals surface area contributed by atoms with E-state index in [1.807, 2.05) is 91.9 Å². The molecule has 0 radical (unpaired) electrons. The molecule has 0 amide bonds. The average Bonchev–Trinajstić information content (AvgIpc) is 3.54. The van der Waals surface area contributed by atoms with E-state index in [1.54, 1.807) is 7.11 Å². The molecule has 0 aliphatic carbocycles. The Bertz CT molecular complexity index is 1890. The van der Waals surface area contributed by atoms with Gasteiger partial charge in [0.1, 0.15) is 23.8 Å². The van der Waals surface area contributed by atoms with E-state index < -0.39 is 12.1 Å². The molecule has 42 heavy (non-hydrogen) atoms. The Labute approximate surface area is 242 Å². The van der Waals surface area contributed by atoms with Crippen molar-refractivity contribution in [3.05, 3.63) is 108 Å². The van der Waals surface area contributed by atoms with Crippen molar-refractivity contribution in [1.29, 1.82) is 0 Å². The number of nitrogens with zero attached hydrogens (tertiary/aromatic N) is 2. The molecular formula is C34H30N2O6. The van der Waals surface area contributed by atoms with Crippen molar-refractivity contribution in [3.8, 4) is 28.7 Å². The highest BCUT2D eigenvalue weighted by molar-refractivity contribution is 6.11. The number of ether oxygens (including phenoxy) is 3. The van der Waals surface area contributed by atoms with Crippen LogP contribution in [0.15, 0.2) is 95.4 Å². The van der Waals surface area contributed by atoms with Crippen LogP contribution in [-0.2, 0) is 17.9 Å². The second-order valence-electron chi connectivity index (χ2n) is 10.0. The Morgan fingerprint density at radius 3 is 2.48 bits per heavy atom. The zero-order chi connectivity index (χ0) is 29.2. The summed E-state index contributed by atoms with van der Waals surface area (Å²) in [6.07, 6.45) is -0.972. The van der Waals surface area contributed by atoms with E-state index in [0.29, 0.717) is 35.4 Å². The first-order valence-corrected chi connectivity index (χ1v) is 13.6. The SMILES string of the molecule is COc1cc(Cn2c3ccccc3c3c(O[C@H](C)C(=O)O)cccc32)ccc1OCc1nc(-c2ccccc2)oc1C. The van der Waals surface area contributed by atoms with Crippen LogP contribution in [0.3, 0.4) is 0 Å². The van der Waals surface area contributed by atoms with Crippen molar-refractivity contribution in [2.24, 2.45) is 0 Å². The first-order chi connectivity index (χ1) is 20.4. The van der Waals surface area contributed by atoms with E-state index in [4.69, 9.17) is 18.6 Å². The molecule has 1 atom stereocenters. The van der Waals surface area contributed by atoms with Crippen LogP contribution in [0.2, 0.25) is 0 Å². The van der Waals surface area contributed by atoms with Crippen LogP contribution in [0.5, 0.6) is 17.2 Å². The fourth-order valence-corrected chi connectivity index (χ4v) is 5.10. The second-order valence-corrected chi connectivity index (χ2v) is 10.0. The van der Waals surface area contributed by atoms with Crippen molar-refractivity contribution in [2.45, 2.75) is 33.1 Å². The molecule has 0 saturated carbocycles. The molecule has 212 valence electrons. The van der Waals surface area contributed by atoms with Gasteiger partial charge in [-0.15, -0.1) is 0 Å². The summed E-state index contributed by atoms with van der Waals surface area (Å²) in [7, 11) is 1.62. The van der Waals surface area contributed by atoms with Gasteiger partial charge in [0.2, 0.25) is 5.89 Å². The third kappa shape index (κ3) is 5.14. The van der Waals surface area contributed by atoms with Gasteiger partial charge in [-0.1, -0.05) is 48.5 Å². The molecule has 0 saturated heterocycles. The van der Waals surface area contributed by atoms with Crippen molar-refractivity contribution in [1.82, 2.24) is 9.55 Å². The summed E-state index contributed by atoms with van der Waals surface area (Å²) in [5, 5.41) is 11.3.